The Bertz CT molecular complexity index is 131. The van der Waals surface area contributed by atoms with Gasteiger partial charge in [0, 0.05) is 0 Å². The molecular weight excluding hydrogens is 268 g/mol. The minimum atomic E-state index is -3.11. The number of hydrogen-bond acceptors (Lipinski definition) is 3. The topological polar surface area (TPSA) is 112 Å². The maximum Gasteiger partial charge on any atom is 1.00 e. The Morgan fingerprint density at radius 2 is 0.786 bits per heavy atom. The normalized spacial score (nSPS) is 13.3. The van der Waals surface area contributed by atoms with Gasteiger partial charge in [-0.15, -0.1) is 11.7 Å². The van der Waals surface area contributed by atoms with E-state index in [1.165, 1.54) is 0 Å². The van der Waals surface area contributed by atoms with E-state index in [-0.39, 0.29) is 27.7 Å². The Balaban J connectivity index is -0.0000000184. The van der Waals surface area contributed by atoms with Crippen molar-refractivity contribution in [3.05, 3.63) is 0 Å². The van der Waals surface area contributed by atoms with Crippen LogP contribution < -0.4 is 18.9 Å². The van der Waals surface area contributed by atoms with Crippen LogP contribution in [0.5, 0.6) is 0 Å². The van der Waals surface area contributed by atoms with Gasteiger partial charge in [0.2, 0.25) is 0 Å². The third-order valence-corrected chi connectivity index (χ3v) is 0. The van der Waals surface area contributed by atoms with Gasteiger partial charge in [0.05, 0.1) is 0 Å². The van der Waals surface area contributed by atoms with Gasteiger partial charge in [0.15, 0.2) is 0 Å². The smallest absolute Gasteiger partial charge is 1.00 e. The Labute approximate surface area is 100 Å². The van der Waals surface area contributed by atoms with E-state index >= 15 is 0 Å². The zero-order valence-electron chi connectivity index (χ0n) is 6.93. The second-order valence-corrected chi connectivity index (χ2v) is 1.86. The van der Waals surface area contributed by atoms with Gasteiger partial charge in [0.25, 0.3) is 0 Å². The van der Waals surface area contributed by atoms with Gasteiger partial charge in [-0.25, -0.2) is 0 Å². The fourth-order valence-electron chi connectivity index (χ4n) is 0. The molecule has 0 aromatic rings. The molecular formula is CH8F3LiO6S3. The molecule has 13 heteroatoms. The molecule has 0 bridgehead atoms. The predicted octanol–water partition coefficient (Wildman–Crippen LogP) is -1.97. The van der Waals surface area contributed by atoms with E-state index < -0.39 is 34.4 Å². The third kappa shape index (κ3) is 3390. The summed E-state index contributed by atoms with van der Waals surface area (Å²) < 4.78 is 76.0. The SMILES string of the molecule is C.O=S(O)F.O=S(O)F.O=S(O)F.[H-].[Li+]. The molecule has 0 saturated heterocycles. The maximum absolute atomic E-state index is 10.0. The molecule has 0 radical (unpaired) electrons. The number of rotatable bonds is 0. The Kier molecular flexibility index (Phi) is 49.2. The summed E-state index contributed by atoms with van der Waals surface area (Å²) in [5, 5.41) is 0. The van der Waals surface area contributed by atoms with Gasteiger partial charge in [-0.2, -0.15) is 12.6 Å². The number of hydrogen-bond donors (Lipinski definition) is 3. The summed E-state index contributed by atoms with van der Waals surface area (Å²) in [6, 6.07) is 0. The molecule has 0 amide bonds. The molecule has 14 heavy (non-hydrogen) atoms. The summed E-state index contributed by atoms with van der Waals surface area (Å²) in [6.07, 6.45) is 0. The standard InChI is InChI=1S/CH4.3FHO2S.Li.H/c;3*1-4(2)3;;/h1H4;3*(H,2,3);;/q;;;;+1;-1. The molecule has 0 aliphatic rings. The molecule has 0 aliphatic heterocycles. The molecule has 0 aromatic carbocycles. The van der Waals surface area contributed by atoms with Gasteiger partial charge < -0.3 is 1.43 Å². The summed E-state index contributed by atoms with van der Waals surface area (Å²) >= 11 is -9.33. The van der Waals surface area contributed by atoms with E-state index in [4.69, 9.17) is 26.3 Å². The monoisotopic (exact) mass is 276 g/mol. The van der Waals surface area contributed by atoms with Crippen LogP contribution in [0.4, 0.5) is 11.7 Å². The molecule has 0 rings (SSSR count). The van der Waals surface area contributed by atoms with E-state index in [9.17, 15) is 11.7 Å². The molecule has 0 saturated carbocycles. The Morgan fingerprint density at radius 1 is 0.786 bits per heavy atom. The fourth-order valence-corrected chi connectivity index (χ4v) is 0. The van der Waals surface area contributed by atoms with Crippen LogP contribution in [0.25, 0.3) is 0 Å². The van der Waals surface area contributed by atoms with Crippen molar-refractivity contribution in [3.8, 4) is 0 Å². The van der Waals surface area contributed by atoms with Crippen molar-refractivity contribution >= 4 is 34.4 Å². The van der Waals surface area contributed by atoms with Gasteiger partial charge in [-0.05, 0) is 0 Å². The van der Waals surface area contributed by atoms with Crippen LogP contribution in [-0.2, 0) is 34.4 Å². The van der Waals surface area contributed by atoms with E-state index in [0.717, 1.165) is 0 Å². The van der Waals surface area contributed by atoms with E-state index in [1.807, 2.05) is 0 Å². The van der Waals surface area contributed by atoms with Gasteiger partial charge >= 0.3 is 53.3 Å². The summed E-state index contributed by atoms with van der Waals surface area (Å²) in [4.78, 5) is 0. The fraction of sp³-hybridized carbons (Fsp3) is 1.00. The van der Waals surface area contributed by atoms with Crippen LogP contribution in [0.2, 0.25) is 0 Å². The van der Waals surface area contributed by atoms with E-state index in [0.29, 0.717) is 0 Å². The molecule has 88 valence electrons. The second-order valence-electron chi connectivity index (χ2n) is 0.620. The van der Waals surface area contributed by atoms with Crippen LogP contribution in [0, 0.1) is 0 Å². The van der Waals surface area contributed by atoms with Crippen LogP contribution >= 0.6 is 0 Å². The van der Waals surface area contributed by atoms with Crippen molar-refractivity contribution in [2.24, 2.45) is 0 Å². The van der Waals surface area contributed by atoms with Crippen molar-refractivity contribution in [1.29, 1.82) is 0 Å². The van der Waals surface area contributed by atoms with Crippen LogP contribution in [0.1, 0.15) is 8.85 Å². The van der Waals surface area contributed by atoms with E-state index in [2.05, 4.69) is 0 Å². The molecule has 0 aromatic heterocycles. The first-order valence-corrected chi connectivity index (χ1v) is 4.53. The quantitative estimate of drug-likeness (QED) is 0.269. The molecule has 0 aliphatic carbocycles. The molecule has 3 unspecified atom stereocenters. The molecule has 6 nitrogen and oxygen atoms in total. The molecule has 0 spiro atoms. The van der Waals surface area contributed by atoms with Gasteiger partial charge in [0.1, 0.15) is 0 Å². The van der Waals surface area contributed by atoms with Gasteiger partial charge in [-0.3, -0.25) is 13.7 Å². The van der Waals surface area contributed by atoms with E-state index in [1.54, 1.807) is 0 Å². The van der Waals surface area contributed by atoms with Crippen LogP contribution in [0.3, 0.4) is 0 Å². The Morgan fingerprint density at radius 3 is 0.786 bits per heavy atom. The summed E-state index contributed by atoms with van der Waals surface area (Å²) in [5.74, 6) is 0. The van der Waals surface area contributed by atoms with Crippen molar-refractivity contribution in [1.82, 2.24) is 0 Å². The van der Waals surface area contributed by atoms with Crippen molar-refractivity contribution < 1.29 is 58.2 Å². The maximum atomic E-state index is 10.0. The minimum absolute atomic E-state index is 0. The second kappa shape index (κ2) is 23.5. The van der Waals surface area contributed by atoms with Crippen molar-refractivity contribution in [2.75, 3.05) is 0 Å². The van der Waals surface area contributed by atoms with Crippen molar-refractivity contribution in [2.45, 2.75) is 7.43 Å². The van der Waals surface area contributed by atoms with Crippen LogP contribution in [0.15, 0.2) is 0 Å². The summed E-state index contributed by atoms with van der Waals surface area (Å²) in [5.41, 5.74) is 0. The Hall–Kier alpha value is 0.717. The average Bonchev–Trinajstić information content (AvgIpc) is 1.54. The van der Waals surface area contributed by atoms with Crippen LogP contribution in [-0.4, -0.2) is 26.3 Å². The van der Waals surface area contributed by atoms with Crippen molar-refractivity contribution in [3.63, 3.8) is 0 Å². The first kappa shape index (κ1) is 29.3. The minimum Gasteiger partial charge on any atom is -1.00 e. The first-order chi connectivity index (χ1) is 5.20. The molecule has 3 atom stereocenters. The molecule has 0 heterocycles. The summed E-state index contributed by atoms with van der Waals surface area (Å²) in [7, 11) is 0. The first-order valence-electron chi connectivity index (χ1n) is 1.51. The van der Waals surface area contributed by atoms with Gasteiger partial charge in [-0.1, -0.05) is 7.43 Å². The third-order valence-electron chi connectivity index (χ3n) is 0. The average molecular weight is 276 g/mol. The zero-order valence-corrected chi connectivity index (χ0v) is 8.37. The molecule has 0 fully saturated rings. The zero-order chi connectivity index (χ0) is 10.7. The summed E-state index contributed by atoms with van der Waals surface area (Å²) in [6.45, 7) is 0. The largest absolute Gasteiger partial charge is 1.00 e. The molecule has 3 N–H and O–H groups in total. The number of halogens is 3. The predicted molar refractivity (Wildman–Crippen MR) is 43.5 cm³/mol.